The topological polar surface area (TPSA) is 40.9 Å². The summed E-state index contributed by atoms with van der Waals surface area (Å²) < 4.78 is 0. The molecule has 1 fully saturated rings. The van der Waals surface area contributed by atoms with Gasteiger partial charge in [0, 0.05) is 19.3 Å². The molecule has 0 amide bonds. The van der Waals surface area contributed by atoms with Crippen molar-refractivity contribution in [3.63, 3.8) is 0 Å². The minimum atomic E-state index is 0.468. The van der Waals surface area contributed by atoms with Gasteiger partial charge in [-0.15, -0.1) is 0 Å². The van der Waals surface area contributed by atoms with Gasteiger partial charge in [0.1, 0.15) is 5.78 Å². The molecule has 0 aromatic rings. The van der Waals surface area contributed by atoms with Crippen molar-refractivity contribution in [1.82, 2.24) is 0 Å². The van der Waals surface area contributed by atoms with Crippen molar-refractivity contribution in [3.8, 4) is 6.07 Å². The minimum absolute atomic E-state index is 0.468. The van der Waals surface area contributed by atoms with Gasteiger partial charge in [-0.2, -0.15) is 5.26 Å². The highest BCUT2D eigenvalue weighted by molar-refractivity contribution is 5.79. The van der Waals surface area contributed by atoms with Crippen LogP contribution >= 0.6 is 0 Å². The van der Waals surface area contributed by atoms with Crippen LogP contribution in [-0.2, 0) is 4.79 Å². The molecule has 0 aromatic carbocycles. The van der Waals surface area contributed by atoms with E-state index in [1.807, 2.05) is 0 Å². The van der Waals surface area contributed by atoms with Crippen LogP contribution in [0.25, 0.3) is 0 Å². The van der Waals surface area contributed by atoms with E-state index in [9.17, 15) is 4.79 Å². The minimum Gasteiger partial charge on any atom is -0.300 e. The molecule has 0 aliphatic heterocycles. The van der Waals surface area contributed by atoms with Crippen molar-refractivity contribution in [2.45, 2.75) is 64.2 Å². The van der Waals surface area contributed by atoms with Gasteiger partial charge in [0.2, 0.25) is 0 Å². The largest absolute Gasteiger partial charge is 0.300 e. The van der Waals surface area contributed by atoms with Crippen molar-refractivity contribution in [3.05, 3.63) is 0 Å². The van der Waals surface area contributed by atoms with Crippen LogP contribution in [0.15, 0.2) is 0 Å². The third kappa shape index (κ3) is 5.57. The van der Waals surface area contributed by atoms with E-state index in [1.54, 1.807) is 0 Å². The van der Waals surface area contributed by atoms with Crippen molar-refractivity contribution < 1.29 is 4.79 Å². The molecule has 1 rings (SSSR count). The molecule has 2 nitrogen and oxygen atoms in total. The Hall–Kier alpha value is -0.840. The number of unbranched alkanes of at least 4 members (excludes halogenated alkanes) is 4. The monoisotopic (exact) mass is 207 g/mol. The molecule has 84 valence electrons. The Morgan fingerprint density at radius 1 is 1.27 bits per heavy atom. The average molecular weight is 207 g/mol. The van der Waals surface area contributed by atoms with Crippen LogP contribution in [0, 0.1) is 17.2 Å². The van der Waals surface area contributed by atoms with Crippen molar-refractivity contribution in [1.29, 1.82) is 5.26 Å². The summed E-state index contributed by atoms with van der Waals surface area (Å²) in [5.41, 5.74) is 0. The summed E-state index contributed by atoms with van der Waals surface area (Å²) in [6.45, 7) is 0. The maximum atomic E-state index is 11.2. The van der Waals surface area contributed by atoms with E-state index >= 15 is 0 Å². The Labute approximate surface area is 92.7 Å². The fourth-order valence-electron chi connectivity index (χ4n) is 2.35. The zero-order chi connectivity index (χ0) is 10.9. The van der Waals surface area contributed by atoms with Crippen LogP contribution in [-0.4, -0.2) is 5.78 Å². The van der Waals surface area contributed by atoms with E-state index in [4.69, 9.17) is 5.26 Å². The summed E-state index contributed by atoms with van der Waals surface area (Å²) in [6, 6.07) is 2.17. The maximum Gasteiger partial charge on any atom is 0.133 e. The highest BCUT2D eigenvalue weighted by atomic mass is 16.1. The Morgan fingerprint density at radius 3 is 2.80 bits per heavy atom. The predicted octanol–water partition coefficient (Wildman–Crippen LogP) is 3.61. The number of Topliss-reactive ketones (excluding diaryl/α,β-unsaturated/α-hetero) is 1. The van der Waals surface area contributed by atoms with Crippen molar-refractivity contribution in [2.75, 3.05) is 0 Å². The number of carbonyl (C=O) groups is 1. The lowest BCUT2D eigenvalue weighted by Crippen LogP contribution is -2.14. The number of nitrogens with zero attached hydrogens (tertiary/aromatic N) is 1. The van der Waals surface area contributed by atoms with Gasteiger partial charge < -0.3 is 0 Å². The molecule has 0 spiro atoms. The molecule has 1 aliphatic rings. The van der Waals surface area contributed by atoms with Crippen LogP contribution in [0.1, 0.15) is 64.2 Å². The summed E-state index contributed by atoms with van der Waals surface area (Å²) in [6.07, 6.45) is 10.6. The van der Waals surface area contributed by atoms with Gasteiger partial charge in [0.25, 0.3) is 0 Å². The second-order valence-electron chi connectivity index (χ2n) is 4.61. The first-order valence-corrected chi connectivity index (χ1v) is 6.21. The molecule has 1 saturated carbocycles. The number of rotatable bonds is 6. The highest BCUT2D eigenvalue weighted by Gasteiger charge is 2.18. The molecule has 0 saturated heterocycles. The van der Waals surface area contributed by atoms with Crippen LogP contribution in [0.4, 0.5) is 0 Å². The smallest absolute Gasteiger partial charge is 0.133 e. The van der Waals surface area contributed by atoms with Gasteiger partial charge in [-0.05, 0) is 25.2 Å². The van der Waals surface area contributed by atoms with Crippen molar-refractivity contribution >= 4 is 5.78 Å². The van der Waals surface area contributed by atoms with E-state index in [0.717, 1.165) is 25.7 Å². The Kier molecular flexibility index (Phi) is 6.08. The summed E-state index contributed by atoms with van der Waals surface area (Å²) in [5.74, 6) is 1.14. The first-order valence-electron chi connectivity index (χ1n) is 6.21. The van der Waals surface area contributed by atoms with Crippen LogP contribution in [0.2, 0.25) is 0 Å². The van der Waals surface area contributed by atoms with Crippen LogP contribution in [0.3, 0.4) is 0 Å². The van der Waals surface area contributed by atoms with Crippen LogP contribution in [0.5, 0.6) is 0 Å². The normalized spacial score (nSPS) is 21.3. The van der Waals surface area contributed by atoms with Gasteiger partial charge >= 0.3 is 0 Å². The highest BCUT2D eigenvalue weighted by Crippen LogP contribution is 2.26. The summed E-state index contributed by atoms with van der Waals surface area (Å²) in [5, 5.41) is 8.37. The Balaban J connectivity index is 1.95. The molecule has 15 heavy (non-hydrogen) atoms. The fraction of sp³-hybridized carbons (Fsp3) is 0.846. The quantitative estimate of drug-likeness (QED) is 0.624. The summed E-state index contributed by atoms with van der Waals surface area (Å²) in [4.78, 5) is 11.2. The maximum absolute atomic E-state index is 11.2. The van der Waals surface area contributed by atoms with Gasteiger partial charge in [0.15, 0.2) is 0 Å². The second-order valence-corrected chi connectivity index (χ2v) is 4.61. The van der Waals surface area contributed by atoms with Gasteiger partial charge in [0.05, 0.1) is 6.07 Å². The SMILES string of the molecule is N#CCCCCCCC1CCCC(=O)C1. The molecule has 1 unspecified atom stereocenters. The predicted molar refractivity (Wildman–Crippen MR) is 60.3 cm³/mol. The summed E-state index contributed by atoms with van der Waals surface area (Å²) in [7, 11) is 0. The van der Waals surface area contributed by atoms with Gasteiger partial charge in [-0.1, -0.05) is 25.7 Å². The lowest BCUT2D eigenvalue weighted by molar-refractivity contribution is -0.121. The standard InChI is InChI=1S/C13H21NO/c14-10-5-3-1-2-4-7-12-8-6-9-13(15)11-12/h12H,1-9,11H2. The Bertz CT molecular complexity index is 229. The molecule has 0 bridgehead atoms. The van der Waals surface area contributed by atoms with E-state index < -0.39 is 0 Å². The first kappa shape index (κ1) is 12.2. The lowest BCUT2D eigenvalue weighted by atomic mass is 9.85. The molecule has 1 atom stereocenters. The molecule has 0 heterocycles. The third-order valence-corrected chi connectivity index (χ3v) is 3.24. The zero-order valence-corrected chi connectivity index (χ0v) is 9.50. The second kappa shape index (κ2) is 7.45. The third-order valence-electron chi connectivity index (χ3n) is 3.24. The molecule has 0 N–H and O–H groups in total. The molecule has 2 heteroatoms. The van der Waals surface area contributed by atoms with E-state index in [-0.39, 0.29) is 0 Å². The number of nitriles is 1. The van der Waals surface area contributed by atoms with Crippen LogP contribution < -0.4 is 0 Å². The van der Waals surface area contributed by atoms with Gasteiger partial charge in [-0.25, -0.2) is 0 Å². The van der Waals surface area contributed by atoms with E-state index in [2.05, 4.69) is 6.07 Å². The van der Waals surface area contributed by atoms with E-state index in [0.29, 0.717) is 18.1 Å². The number of hydrogen-bond donors (Lipinski definition) is 0. The molecule has 0 radical (unpaired) electrons. The number of carbonyl (C=O) groups excluding carboxylic acids is 1. The van der Waals surface area contributed by atoms with Crippen molar-refractivity contribution in [2.24, 2.45) is 5.92 Å². The molecular weight excluding hydrogens is 186 g/mol. The number of hydrogen-bond acceptors (Lipinski definition) is 2. The average Bonchev–Trinajstić information content (AvgIpc) is 2.23. The van der Waals surface area contributed by atoms with Gasteiger partial charge in [-0.3, -0.25) is 4.79 Å². The molecule has 0 aromatic heterocycles. The zero-order valence-electron chi connectivity index (χ0n) is 9.50. The Morgan fingerprint density at radius 2 is 2.07 bits per heavy atom. The summed E-state index contributed by atoms with van der Waals surface area (Å²) >= 11 is 0. The molecule has 1 aliphatic carbocycles. The molecular formula is C13H21NO. The first-order chi connectivity index (χ1) is 7.33. The van der Waals surface area contributed by atoms with E-state index in [1.165, 1.54) is 32.1 Å². The fourth-order valence-corrected chi connectivity index (χ4v) is 2.35. The number of ketones is 1. The lowest BCUT2D eigenvalue weighted by Gasteiger charge is -2.20.